The van der Waals surface area contributed by atoms with Crippen molar-refractivity contribution >= 4 is 40.2 Å². The zero-order chi connectivity index (χ0) is 16.6. The number of carboxylic acids is 1. The largest absolute Gasteiger partial charge is 0.478 e. The summed E-state index contributed by atoms with van der Waals surface area (Å²) in [6.45, 7) is 2.99. The van der Waals surface area contributed by atoms with Gasteiger partial charge in [0.25, 0.3) is 0 Å². The van der Waals surface area contributed by atoms with Crippen molar-refractivity contribution in [1.82, 2.24) is 10.3 Å². The highest BCUT2D eigenvalue weighted by molar-refractivity contribution is 6.35. The molecule has 2 heterocycles. The molecular formula is C16H16ClN3O3. The molecule has 120 valence electrons. The van der Waals surface area contributed by atoms with E-state index in [2.05, 4.69) is 15.2 Å². The van der Waals surface area contributed by atoms with E-state index in [9.17, 15) is 14.7 Å². The summed E-state index contributed by atoms with van der Waals surface area (Å²) in [4.78, 5) is 29.1. The molecule has 1 amide bonds. The Hall–Kier alpha value is -2.34. The normalized spacial score (nSPS) is 17.5. The van der Waals surface area contributed by atoms with Gasteiger partial charge in [0, 0.05) is 31.4 Å². The van der Waals surface area contributed by atoms with Crippen molar-refractivity contribution in [3.63, 3.8) is 0 Å². The fourth-order valence-corrected chi connectivity index (χ4v) is 3.18. The molecule has 0 aliphatic carbocycles. The summed E-state index contributed by atoms with van der Waals surface area (Å²) in [6, 6.07) is 6.91. The molecule has 23 heavy (non-hydrogen) atoms. The van der Waals surface area contributed by atoms with E-state index in [-0.39, 0.29) is 22.5 Å². The third-order valence-electron chi connectivity index (χ3n) is 3.94. The van der Waals surface area contributed by atoms with Gasteiger partial charge in [0.1, 0.15) is 5.82 Å². The molecule has 3 rings (SSSR count). The molecule has 1 fully saturated rings. The SMILES string of the molecule is CC(=O)NC1CCN(c2ccc3c(C(=O)O)c(Cl)ccc3n2)C1. The third-order valence-corrected chi connectivity index (χ3v) is 4.25. The second-order valence-corrected chi connectivity index (χ2v) is 6.00. The molecule has 1 aromatic heterocycles. The summed E-state index contributed by atoms with van der Waals surface area (Å²) in [6.07, 6.45) is 0.861. The van der Waals surface area contributed by atoms with Crippen LogP contribution in [0.2, 0.25) is 5.02 Å². The van der Waals surface area contributed by atoms with Crippen LogP contribution in [0.4, 0.5) is 5.82 Å². The van der Waals surface area contributed by atoms with Gasteiger partial charge in [-0.25, -0.2) is 9.78 Å². The Balaban J connectivity index is 1.91. The van der Waals surface area contributed by atoms with Crippen LogP contribution < -0.4 is 10.2 Å². The van der Waals surface area contributed by atoms with Gasteiger partial charge < -0.3 is 15.3 Å². The van der Waals surface area contributed by atoms with Crippen LogP contribution >= 0.6 is 11.6 Å². The quantitative estimate of drug-likeness (QED) is 0.900. The van der Waals surface area contributed by atoms with E-state index in [1.165, 1.54) is 6.92 Å². The highest BCUT2D eigenvalue weighted by atomic mass is 35.5. The average Bonchev–Trinajstić information content (AvgIpc) is 2.93. The lowest BCUT2D eigenvalue weighted by molar-refractivity contribution is -0.119. The summed E-state index contributed by atoms with van der Waals surface area (Å²) >= 11 is 5.97. The molecule has 0 radical (unpaired) electrons. The predicted molar refractivity (Wildman–Crippen MR) is 88.1 cm³/mol. The number of halogens is 1. The molecular weight excluding hydrogens is 318 g/mol. The maximum absolute atomic E-state index is 11.4. The lowest BCUT2D eigenvalue weighted by Gasteiger charge is -2.18. The number of anilines is 1. The number of nitrogens with zero attached hydrogens (tertiary/aromatic N) is 2. The van der Waals surface area contributed by atoms with E-state index in [0.717, 1.165) is 18.8 Å². The highest BCUT2D eigenvalue weighted by Crippen LogP contribution is 2.28. The number of benzene rings is 1. The first-order valence-corrected chi connectivity index (χ1v) is 7.68. The lowest BCUT2D eigenvalue weighted by Crippen LogP contribution is -2.35. The van der Waals surface area contributed by atoms with Crippen molar-refractivity contribution in [2.24, 2.45) is 0 Å². The van der Waals surface area contributed by atoms with Gasteiger partial charge in [-0.3, -0.25) is 4.79 Å². The van der Waals surface area contributed by atoms with Crippen LogP contribution in [-0.4, -0.2) is 41.1 Å². The van der Waals surface area contributed by atoms with Crippen molar-refractivity contribution < 1.29 is 14.7 Å². The summed E-state index contributed by atoms with van der Waals surface area (Å²) < 4.78 is 0. The Morgan fingerprint density at radius 3 is 2.83 bits per heavy atom. The first-order valence-electron chi connectivity index (χ1n) is 7.30. The molecule has 7 heteroatoms. The van der Waals surface area contributed by atoms with Gasteiger partial charge in [0.15, 0.2) is 0 Å². The number of amides is 1. The van der Waals surface area contributed by atoms with Gasteiger partial charge in [0.05, 0.1) is 16.1 Å². The molecule has 2 aromatic rings. The number of aromatic nitrogens is 1. The Morgan fingerprint density at radius 2 is 2.13 bits per heavy atom. The van der Waals surface area contributed by atoms with E-state index in [1.54, 1.807) is 24.3 Å². The van der Waals surface area contributed by atoms with Crippen LogP contribution in [0, 0.1) is 0 Å². The van der Waals surface area contributed by atoms with Gasteiger partial charge in [-0.2, -0.15) is 0 Å². The van der Waals surface area contributed by atoms with Crippen LogP contribution in [0.1, 0.15) is 23.7 Å². The van der Waals surface area contributed by atoms with Gasteiger partial charge in [0.2, 0.25) is 5.91 Å². The van der Waals surface area contributed by atoms with Crippen molar-refractivity contribution in [2.45, 2.75) is 19.4 Å². The van der Waals surface area contributed by atoms with Crippen LogP contribution in [0.3, 0.4) is 0 Å². The summed E-state index contributed by atoms with van der Waals surface area (Å²) in [7, 11) is 0. The molecule has 1 aliphatic rings. The Kier molecular flexibility index (Phi) is 4.09. The monoisotopic (exact) mass is 333 g/mol. The smallest absolute Gasteiger partial charge is 0.337 e. The number of pyridine rings is 1. The number of hydrogen-bond donors (Lipinski definition) is 2. The number of fused-ring (bicyclic) bond motifs is 1. The number of aromatic carboxylic acids is 1. The summed E-state index contributed by atoms with van der Waals surface area (Å²) in [5, 5.41) is 12.9. The molecule has 0 saturated carbocycles. The lowest BCUT2D eigenvalue weighted by atomic mass is 10.1. The number of rotatable bonds is 3. The minimum atomic E-state index is -1.07. The van der Waals surface area contributed by atoms with Crippen molar-refractivity contribution in [3.8, 4) is 0 Å². The maximum Gasteiger partial charge on any atom is 0.337 e. The standard InChI is InChI=1S/C16H16ClN3O3/c1-9(21)18-10-6-7-20(8-10)14-5-2-11-13(19-14)4-3-12(17)15(11)16(22)23/h2-5,10H,6-8H2,1H3,(H,18,21)(H,22,23). The summed E-state index contributed by atoms with van der Waals surface area (Å²) in [5.41, 5.74) is 0.660. The minimum absolute atomic E-state index is 0.0379. The number of carbonyl (C=O) groups is 2. The van der Waals surface area contributed by atoms with Crippen LogP contribution in [0.15, 0.2) is 24.3 Å². The summed E-state index contributed by atoms with van der Waals surface area (Å²) in [5.74, 6) is -0.338. The zero-order valence-corrected chi connectivity index (χ0v) is 13.3. The molecule has 0 bridgehead atoms. The van der Waals surface area contributed by atoms with Crippen LogP contribution in [-0.2, 0) is 4.79 Å². The Morgan fingerprint density at radius 1 is 1.35 bits per heavy atom. The number of nitrogens with one attached hydrogen (secondary N) is 1. The second kappa shape index (κ2) is 6.04. The molecule has 2 N–H and O–H groups in total. The number of carbonyl (C=O) groups excluding carboxylic acids is 1. The zero-order valence-electron chi connectivity index (χ0n) is 12.5. The Bertz CT molecular complexity index is 793. The topological polar surface area (TPSA) is 82.5 Å². The highest BCUT2D eigenvalue weighted by Gasteiger charge is 2.24. The van der Waals surface area contributed by atoms with Gasteiger partial charge in [-0.05, 0) is 30.7 Å². The molecule has 1 aliphatic heterocycles. The van der Waals surface area contributed by atoms with Gasteiger partial charge in [-0.1, -0.05) is 11.6 Å². The van der Waals surface area contributed by atoms with Crippen LogP contribution in [0.25, 0.3) is 10.9 Å². The molecule has 1 saturated heterocycles. The number of carboxylic acid groups (broad SMARTS) is 1. The average molecular weight is 334 g/mol. The van der Waals surface area contributed by atoms with Crippen LogP contribution in [0.5, 0.6) is 0 Å². The second-order valence-electron chi connectivity index (χ2n) is 5.60. The Labute approximate surface area is 138 Å². The molecule has 0 spiro atoms. The van der Waals surface area contributed by atoms with E-state index >= 15 is 0 Å². The fraction of sp³-hybridized carbons (Fsp3) is 0.312. The first kappa shape index (κ1) is 15.6. The van der Waals surface area contributed by atoms with Crippen molar-refractivity contribution in [2.75, 3.05) is 18.0 Å². The van der Waals surface area contributed by atoms with Crippen molar-refractivity contribution in [1.29, 1.82) is 0 Å². The van der Waals surface area contributed by atoms with E-state index in [0.29, 0.717) is 17.4 Å². The molecule has 6 nitrogen and oxygen atoms in total. The minimum Gasteiger partial charge on any atom is -0.478 e. The molecule has 1 unspecified atom stereocenters. The predicted octanol–water partition coefficient (Wildman–Crippen LogP) is 2.30. The first-order chi connectivity index (χ1) is 11.0. The van der Waals surface area contributed by atoms with Gasteiger partial charge >= 0.3 is 5.97 Å². The fourth-order valence-electron chi connectivity index (χ4n) is 2.93. The third kappa shape index (κ3) is 3.07. The molecule has 1 atom stereocenters. The molecule has 1 aromatic carbocycles. The van der Waals surface area contributed by atoms with Gasteiger partial charge in [-0.15, -0.1) is 0 Å². The van der Waals surface area contributed by atoms with E-state index in [4.69, 9.17) is 11.6 Å². The van der Waals surface area contributed by atoms with Crippen molar-refractivity contribution in [3.05, 3.63) is 34.9 Å². The maximum atomic E-state index is 11.4. The van der Waals surface area contributed by atoms with E-state index < -0.39 is 5.97 Å². The van der Waals surface area contributed by atoms with E-state index in [1.807, 2.05) is 0 Å². The number of hydrogen-bond acceptors (Lipinski definition) is 4.